The van der Waals surface area contributed by atoms with Crippen molar-refractivity contribution < 1.29 is 10.2 Å². The van der Waals surface area contributed by atoms with Crippen molar-refractivity contribution in [3.63, 3.8) is 0 Å². The van der Waals surface area contributed by atoms with Crippen LogP contribution < -0.4 is 0 Å². The lowest BCUT2D eigenvalue weighted by atomic mass is 9.70. The second-order valence-corrected chi connectivity index (χ2v) is 5.70. The van der Waals surface area contributed by atoms with Crippen molar-refractivity contribution in [1.29, 1.82) is 0 Å². The lowest BCUT2D eigenvalue weighted by molar-refractivity contribution is -0.138. The standard InChI is InChI=1S/C12H25NO2/c1-8(2)12(5)7-13(9(3)4)6-10(14)11(12)15/h8-11,14-15H,6-7H2,1-5H3/t10?,11?,12-/m1/s1. The Morgan fingerprint density at radius 2 is 1.73 bits per heavy atom. The van der Waals surface area contributed by atoms with Crippen LogP contribution in [0.3, 0.4) is 0 Å². The Hall–Kier alpha value is -0.120. The third-order valence-corrected chi connectivity index (χ3v) is 4.05. The number of β-amino-alcohol motifs (C(OH)–C–C–N with tert-alkyl or cyclic N) is 1. The van der Waals surface area contributed by atoms with Crippen molar-refractivity contribution in [3.05, 3.63) is 0 Å². The van der Waals surface area contributed by atoms with Crippen LogP contribution in [0, 0.1) is 11.3 Å². The van der Waals surface area contributed by atoms with Crippen LogP contribution in [0.1, 0.15) is 34.6 Å². The lowest BCUT2D eigenvalue weighted by Crippen LogP contribution is -2.61. The molecule has 0 bridgehead atoms. The first kappa shape index (κ1) is 12.9. The maximum Gasteiger partial charge on any atom is 0.0931 e. The van der Waals surface area contributed by atoms with Crippen LogP contribution in [0.5, 0.6) is 0 Å². The van der Waals surface area contributed by atoms with Crippen LogP contribution >= 0.6 is 0 Å². The van der Waals surface area contributed by atoms with Crippen LogP contribution in [0.4, 0.5) is 0 Å². The normalized spacial score (nSPS) is 39.0. The highest BCUT2D eigenvalue weighted by Gasteiger charge is 2.46. The molecule has 0 aromatic heterocycles. The maximum absolute atomic E-state index is 10.1. The maximum atomic E-state index is 10.1. The predicted octanol–water partition coefficient (Wildman–Crippen LogP) is 1.09. The van der Waals surface area contributed by atoms with Gasteiger partial charge in [-0.2, -0.15) is 0 Å². The molecule has 90 valence electrons. The molecule has 2 N–H and O–H groups in total. The molecular formula is C12H25NO2. The zero-order chi connectivity index (χ0) is 11.8. The van der Waals surface area contributed by atoms with Gasteiger partial charge in [0.1, 0.15) is 0 Å². The third-order valence-electron chi connectivity index (χ3n) is 4.05. The van der Waals surface area contributed by atoms with Crippen molar-refractivity contribution >= 4 is 0 Å². The molecule has 2 unspecified atom stereocenters. The molecule has 1 heterocycles. The second-order valence-electron chi connectivity index (χ2n) is 5.70. The summed E-state index contributed by atoms with van der Waals surface area (Å²) in [5.41, 5.74) is -0.206. The van der Waals surface area contributed by atoms with Gasteiger partial charge in [0.05, 0.1) is 12.2 Å². The monoisotopic (exact) mass is 215 g/mol. The summed E-state index contributed by atoms with van der Waals surface area (Å²) >= 11 is 0. The summed E-state index contributed by atoms with van der Waals surface area (Å²) in [7, 11) is 0. The number of aliphatic hydroxyl groups excluding tert-OH is 2. The van der Waals surface area contributed by atoms with Gasteiger partial charge in [-0.15, -0.1) is 0 Å². The van der Waals surface area contributed by atoms with Crippen LogP contribution in [0.25, 0.3) is 0 Å². The predicted molar refractivity (Wildman–Crippen MR) is 61.7 cm³/mol. The summed E-state index contributed by atoms with van der Waals surface area (Å²) in [6.45, 7) is 12.0. The summed E-state index contributed by atoms with van der Waals surface area (Å²) < 4.78 is 0. The van der Waals surface area contributed by atoms with Gasteiger partial charge in [-0.05, 0) is 19.8 Å². The lowest BCUT2D eigenvalue weighted by Gasteiger charge is -2.50. The van der Waals surface area contributed by atoms with Gasteiger partial charge in [0.25, 0.3) is 0 Å². The Morgan fingerprint density at radius 1 is 1.20 bits per heavy atom. The van der Waals surface area contributed by atoms with E-state index in [-0.39, 0.29) is 5.41 Å². The molecule has 1 fully saturated rings. The van der Waals surface area contributed by atoms with Crippen molar-refractivity contribution in [2.45, 2.75) is 52.9 Å². The summed E-state index contributed by atoms with van der Waals surface area (Å²) in [5.74, 6) is 0.365. The molecule has 15 heavy (non-hydrogen) atoms. The highest BCUT2D eigenvalue weighted by Crippen LogP contribution is 2.37. The fraction of sp³-hybridized carbons (Fsp3) is 1.00. The highest BCUT2D eigenvalue weighted by atomic mass is 16.3. The minimum atomic E-state index is -0.617. The van der Waals surface area contributed by atoms with E-state index in [1.807, 2.05) is 0 Å². The van der Waals surface area contributed by atoms with E-state index in [1.54, 1.807) is 0 Å². The molecule has 0 aliphatic carbocycles. The van der Waals surface area contributed by atoms with E-state index in [1.165, 1.54) is 0 Å². The van der Waals surface area contributed by atoms with E-state index in [0.717, 1.165) is 6.54 Å². The number of aliphatic hydroxyl groups is 2. The molecule has 0 aromatic carbocycles. The van der Waals surface area contributed by atoms with Crippen molar-refractivity contribution in [2.24, 2.45) is 11.3 Å². The molecule has 1 saturated heterocycles. The van der Waals surface area contributed by atoms with Gasteiger partial charge in [0.2, 0.25) is 0 Å². The minimum Gasteiger partial charge on any atom is -0.390 e. The molecule has 0 spiro atoms. The molecular weight excluding hydrogens is 190 g/mol. The second kappa shape index (κ2) is 4.40. The molecule has 1 aliphatic heterocycles. The van der Waals surface area contributed by atoms with E-state index in [4.69, 9.17) is 0 Å². The third kappa shape index (κ3) is 2.35. The van der Waals surface area contributed by atoms with Crippen LogP contribution in [-0.2, 0) is 0 Å². The first-order valence-corrected chi connectivity index (χ1v) is 5.89. The Kier molecular flexibility index (Phi) is 3.80. The zero-order valence-corrected chi connectivity index (χ0v) is 10.6. The average molecular weight is 215 g/mol. The van der Waals surface area contributed by atoms with Crippen molar-refractivity contribution in [3.8, 4) is 0 Å². The first-order valence-electron chi connectivity index (χ1n) is 5.89. The Balaban J connectivity index is 2.86. The van der Waals surface area contributed by atoms with Crippen molar-refractivity contribution in [1.82, 2.24) is 4.90 Å². The van der Waals surface area contributed by atoms with E-state index >= 15 is 0 Å². The SMILES string of the molecule is CC(C)N1CC(O)C(O)[C@@](C)(C(C)C)C1. The smallest absolute Gasteiger partial charge is 0.0931 e. The quantitative estimate of drug-likeness (QED) is 0.725. The Bertz CT molecular complexity index is 218. The fourth-order valence-electron chi connectivity index (χ4n) is 2.29. The van der Waals surface area contributed by atoms with Gasteiger partial charge < -0.3 is 10.2 Å². The van der Waals surface area contributed by atoms with Gasteiger partial charge in [0.15, 0.2) is 0 Å². The molecule has 0 radical (unpaired) electrons. The van der Waals surface area contributed by atoms with Gasteiger partial charge >= 0.3 is 0 Å². The summed E-state index contributed by atoms with van der Waals surface area (Å²) in [5, 5.41) is 20.0. The fourth-order valence-corrected chi connectivity index (χ4v) is 2.29. The Labute approximate surface area is 93.1 Å². The van der Waals surface area contributed by atoms with Crippen LogP contribution in [0.2, 0.25) is 0 Å². The highest BCUT2D eigenvalue weighted by molar-refractivity contribution is 4.97. The number of likely N-dealkylation sites (tertiary alicyclic amines) is 1. The average Bonchev–Trinajstić information content (AvgIpc) is 2.12. The number of rotatable bonds is 2. The molecule has 3 nitrogen and oxygen atoms in total. The molecule has 1 aliphatic rings. The summed E-state index contributed by atoms with van der Waals surface area (Å²) in [4.78, 5) is 2.25. The topological polar surface area (TPSA) is 43.7 Å². The van der Waals surface area contributed by atoms with E-state index in [0.29, 0.717) is 18.5 Å². The van der Waals surface area contributed by atoms with Gasteiger partial charge in [-0.3, -0.25) is 4.90 Å². The number of nitrogens with zero attached hydrogens (tertiary/aromatic N) is 1. The molecule has 0 saturated carbocycles. The summed E-state index contributed by atoms with van der Waals surface area (Å²) in [6.07, 6.45) is -1.22. The van der Waals surface area contributed by atoms with Gasteiger partial charge in [0, 0.05) is 24.5 Å². The minimum absolute atomic E-state index is 0.206. The van der Waals surface area contributed by atoms with Gasteiger partial charge in [-0.25, -0.2) is 0 Å². The largest absolute Gasteiger partial charge is 0.390 e. The molecule has 3 atom stereocenters. The van der Waals surface area contributed by atoms with E-state index < -0.39 is 12.2 Å². The number of hydrogen-bond donors (Lipinski definition) is 2. The number of hydrogen-bond acceptors (Lipinski definition) is 3. The van der Waals surface area contributed by atoms with Crippen LogP contribution in [-0.4, -0.2) is 46.5 Å². The van der Waals surface area contributed by atoms with Crippen molar-refractivity contribution in [2.75, 3.05) is 13.1 Å². The molecule has 3 heteroatoms. The summed E-state index contributed by atoms with van der Waals surface area (Å²) in [6, 6.07) is 0.422. The van der Waals surface area contributed by atoms with E-state index in [2.05, 4.69) is 39.5 Å². The Morgan fingerprint density at radius 3 is 2.13 bits per heavy atom. The molecule has 0 aromatic rings. The first-order chi connectivity index (χ1) is 6.79. The zero-order valence-electron chi connectivity index (χ0n) is 10.6. The van der Waals surface area contributed by atoms with Crippen LogP contribution in [0.15, 0.2) is 0 Å². The molecule has 1 rings (SSSR count). The molecule has 0 amide bonds. The number of piperidine rings is 1. The van der Waals surface area contributed by atoms with Gasteiger partial charge in [-0.1, -0.05) is 20.8 Å². The van der Waals surface area contributed by atoms with E-state index in [9.17, 15) is 10.2 Å².